The molecule has 1 saturated carbocycles. The summed E-state index contributed by atoms with van der Waals surface area (Å²) in [4.78, 5) is 17.7. The fourth-order valence-electron chi connectivity index (χ4n) is 6.52. The highest BCUT2D eigenvalue weighted by atomic mass is 16.5. The molecular weight excluding hydrogens is 436 g/mol. The lowest BCUT2D eigenvalue weighted by molar-refractivity contribution is 0.106. The van der Waals surface area contributed by atoms with E-state index in [1.165, 1.54) is 42.0 Å². The van der Waals surface area contributed by atoms with Crippen molar-refractivity contribution in [1.29, 1.82) is 0 Å². The Kier molecular flexibility index (Phi) is 5.82. The molecule has 2 atom stereocenters. The number of rotatable bonds is 5. The second-order valence-corrected chi connectivity index (χ2v) is 10.9. The number of fused-ring (bicyclic) bond motifs is 1. The van der Waals surface area contributed by atoms with Crippen LogP contribution in [0.1, 0.15) is 66.8 Å². The minimum Gasteiger partial charge on any atom is -0.378 e. The highest BCUT2D eigenvalue weighted by molar-refractivity contribution is 5.56. The first-order chi connectivity index (χ1) is 17.0. The summed E-state index contributed by atoms with van der Waals surface area (Å²) >= 11 is 0. The molecule has 0 aromatic carbocycles. The van der Waals surface area contributed by atoms with E-state index in [-0.39, 0.29) is 6.04 Å². The van der Waals surface area contributed by atoms with Crippen LogP contribution < -0.4 is 4.90 Å². The summed E-state index contributed by atoms with van der Waals surface area (Å²) in [6.45, 7) is 5.97. The Morgan fingerprint density at radius 1 is 1.03 bits per heavy atom. The highest BCUT2D eigenvalue weighted by Crippen LogP contribution is 2.45. The number of methoxy groups -OCH3 is 1. The first kappa shape index (κ1) is 23.0. The first-order valence-corrected chi connectivity index (χ1v) is 13.1. The molecule has 0 N–H and O–H groups in total. The van der Waals surface area contributed by atoms with Gasteiger partial charge in [-0.2, -0.15) is 0 Å². The molecule has 3 aliphatic rings. The average Bonchev–Trinajstić information content (AvgIpc) is 3.55. The SMILES string of the molecule is COCc1c([C@H]2CCC[C@@H](c3ncccc3C)N2C)nc2cccc(N3CCN(C)C4(CC4)C3)n12. The Bertz CT molecular complexity index is 1220. The number of likely N-dealkylation sites (N-methyl/N-ethyl adjacent to an activating group) is 1. The van der Waals surface area contributed by atoms with E-state index in [0.717, 1.165) is 43.8 Å². The second kappa shape index (κ2) is 8.87. The number of nitrogens with zero attached hydrogens (tertiary/aromatic N) is 6. The molecular formula is C28H38N6O. The van der Waals surface area contributed by atoms with Crippen LogP contribution in [0.4, 0.5) is 5.82 Å². The molecule has 1 spiro atoms. The van der Waals surface area contributed by atoms with Crippen molar-refractivity contribution in [2.75, 3.05) is 45.7 Å². The van der Waals surface area contributed by atoms with E-state index >= 15 is 0 Å². The van der Waals surface area contributed by atoms with Gasteiger partial charge in [0.1, 0.15) is 11.5 Å². The van der Waals surface area contributed by atoms with Gasteiger partial charge in [0.05, 0.1) is 35.8 Å². The maximum absolute atomic E-state index is 5.79. The lowest BCUT2D eigenvalue weighted by Gasteiger charge is -2.41. The third-order valence-corrected chi connectivity index (χ3v) is 8.80. The molecule has 2 saturated heterocycles. The van der Waals surface area contributed by atoms with Gasteiger partial charge in [0.15, 0.2) is 0 Å². The molecule has 3 aromatic heterocycles. The van der Waals surface area contributed by atoms with Gasteiger partial charge >= 0.3 is 0 Å². The minimum atomic E-state index is 0.246. The zero-order valence-corrected chi connectivity index (χ0v) is 21.6. The predicted molar refractivity (Wildman–Crippen MR) is 139 cm³/mol. The Morgan fingerprint density at radius 3 is 2.57 bits per heavy atom. The van der Waals surface area contributed by atoms with E-state index in [2.05, 4.69) is 64.4 Å². The van der Waals surface area contributed by atoms with Crippen molar-refractivity contribution < 1.29 is 4.74 Å². The van der Waals surface area contributed by atoms with Gasteiger partial charge in [-0.15, -0.1) is 0 Å². The van der Waals surface area contributed by atoms with Crippen LogP contribution >= 0.6 is 0 Å². The Labute approximate surface area is 208 Å². The third kappa shape index (κ3) is 3.85. The molecule has 1 aliphatic carbocycles. The second-order valence-electron chi connectivity index (χ2n) is 10.9. The lowest BCUT2D eigenvalue weighted by Crippen LogP contribution is -2.53. The van der Waals surface area contributed by atoms with Gasteiger partial charge in [-0.3, -0.25) is 19.2 Å². The van der Waals surface area contributed by atoms with Crippen LogP contribution in [0.5, 0.6) is 0 Å². The van der Waals surface area contributed by atoms with E-state index < -0.39 is 0 Å². The number of piperidine rings is 1. The minimum absolute atomic E-state index is 0.246. The van der Waals surface area contributed by atoms with Gasteiger partial charge in [0, 0.05) is 38.5 Å². The van der Waals surface area contributed by atoms with Crippen molar-refractivity contribution in [3.05, 3.63) is 59.2 Å². The van der Waals surface area contributed by atoms with Gasteiger partial charge in [-0.1, -0.05) is 12.1 Å². The van der Waals surface area contributed by atoms with Crippen LogP contribution in [-0.4, -0.2) is 70.5 Å². The van der Waals surface area contributed by atoms with E-state index in [9.17, 15) is 0 Å². The van der Waals surface area contributed by atoms with E-state index in [1.807, 2.05) is 12.3 Å². The third-order valence-electron chi connectivity index (χ3n) is 8.80. The van der Waals surface area contributed by atoms with Crippen LogP contribution in [0.2, 0.25) is 0 Å². The van der Waals surface area contributed by atoms with Gasteiger partial charge < -0.3 is 9.64 Å². The number of anilines is 1. The lowest BCUT2D eigenvalue weighted by atomic mass is 9.90. The van der Waals surface area contributed by atoms with Crippen molar-refractivity contribution in [3.8, 4) is 0 Å². The molecule has 5 heterocycles. The number of hydrogen-bond donors (Lipinski definition) is 0. The number of aromatic nitrogens is 3. The zero-order chi connectivity index (χ0) is 24.2. The largest absolute Gasteiger partial charge is 0.378 e. The molecule has 6 rings (SSSR count). The summed E-state index contributed by atoms with van der Waals surface area (Å²) in [5.74, 6) is 1.25. The molecule has 7 nitrogen and oxygen atoms in total. The number of piperazine rings is 1. The van der Waals surface area contributed by atoms with Crippen LogP contribution in [0.15, 0.2) is 36.5 Å². The number of ether oxygens (including phenoxy) is 1. The van der Waals surface area contributed by atoms with E-state index in [4.69, 9.17) is 14.7 Å². The molecule has 0 radical (unpaired) electrons. The molecule has 186 valence electrons. The van der Waals surface area contributed by atoms with Gasteiger partial charge in [-0.05, 0) is 76.9 Å². The summed E-state index contributed by atoms with van der Waals surface area (Å²) in [6.07, 6.45) is 7.94. The number of hydrogen-bond acceptors (Lipinski definition) is 6. The molecule has 2 aliphatic heterocycles. The molecule has 0 bridgehead atoms. The molecule has 0 amide bonds. The molecule has 3 aromatic rings. The Balaban J connectivity index is 1.40. The number of likely N-dealkylation sites (tertiary alicyclic amines) is 1. The maximum Gasteiger partial charge on any atom is 0.138 e. The smallest absolute Gasteiger partial charge is 0.138 e. The standard InChI is InChI=1S/C28H38N6O/c1-20-8-7-15-29-26(20)21-9-5-10-22(32(21)3)27-23(18-35-4)34-24(30-27)11-6-12-25(34)33-17-16-31(2)28(19-33)13-14-28/h6-8,11-12,15,21-22H,5,9-10,13-14,16-19H2,1-4H3/t21-,22+/m0/s1. The molecule has 0 unspecified atom stereocenters. The quantitative estimate of drug-likeness (QED) is 0.547. The summed E-state index contributed by atoms with van der Waals surface area (Å²) in [7, 11) is 6.34. The summed E-state index contributed by atoms with van der Waals surface area (Å²) in [5.41, 5.74) is 6.21. The van der Waals surface area contributed by atoms with Gasteiger partial charge in [0.2, 0.25) is 0 Å². The highest BCUT2D eigenvalue weighted by Gasteiger charge is 2.50. The van der Waals surface area contributed by atoms with Crippen molar-refractivity contribution in [1.82, 2.24) is 24.2 Å². The van der Waals surface area contributed by atoms with Crippen LogP contribution in [0.25, 0.3) is 5.65 Å². The fourth-order valence-corrected chi connectivity index (χ4v) is 6.52. The number of pyridine rings is 2. The zero-order valence-electron chi connectivity index (χ0n) is 21.6. The number of imidazole rings is 1. The van der Waals surface area contributed by atoms with Crippen molar-refractivity contribution in [3.63, 3.8) is 0 Å². The monoisotopic (exact) mass is 474 g/mol. The molecule has 7 heteroatoms. The fraction of sp³-hybridized carbons (Fsp3) is 0.571. The van der Waals surface area contributed by atoms with E-state index in [0.29, 0.717) is 18.2 Å². The summed E-state index contributed by atoms with van der Waals surface area (Å²) in [6, 6.07) is 11.3. The van der Waals surface area contributed by atoms with E-state index in [1.54, 1.807) is 7.11 Å². The summed E-state index contributed by atoms with van der Waals surface area (Å²) in [5, 5.41) is 0. The summed E-state index contributed by atoms with van der Waals surface area (Å²) < 4.78 is 8.16. The van der Waals surface area contributed by atoms with Crippen LogP contribution in [0.3, 0.4) is 0 Å². The van der Waals surface area contributed by atoms with Gasteiger partial charge in [0.25, 0.3) is 0 Å². The first-order valence-electron chi connectivity index (χ1n) is 13.1. The van der Waals surface area contributed by atoms with Crippen molar-refractivity contribution >= 4 is 11.5 Å². The Hall–Kier alpha value is -2.48. The van der Waals surface area contributed by atoms with Crippen LogP contribution in [-0.2, 0) is 11.3 Å². The molecule has 35 heavy (non-hydrogen) atoms. The number of aryl methyl sites for hydroxylation is 1. The average molecular weight is 475 g/mol. The van der Waals surface area contributed by atoms with Crippen molar-refractivity contribution in [2.24, 2.45) is 0 Å². The molecule has 3 fully saturated rings. The maximum atomic E-state index is 5.79. The predicted octanol–water partition coefficient (Wildman–Crippen LogP) is 4.37. The van der Waals surface area contributed by atoms with Crippen molar-refractivity contribution in [2.45, 2.75) is 63.3 Å². The normalized spacial score (nSPS) is 25.0. The van der Waals surface area contributed by atoms with Crippen LogP contribution in [0, 0.1) is 6.92 Å². The Morgan fingerprint density at radius 2 is 1.83 bits per heavy atom. The topological polar surface area (TPSA) is 49.1 Å². The van der Waals surface area contributed by atoms with Gasteiger partial charge in [-0.25, -0.2) is 4.98 Å².